The van der Waals surface area contributed by atoms with Gasteiger partial charge in [0.15, 0.2) is 6.73 Å². The van der Waals surface area contributed by atoms with Crippen molar-refractivity contribution >= 4 is 29.8 Å². The monoisotopic (exact) mass is 308 g/mol. The van der Waals surface area contributed by atoms with Crippen molar-refractivity contribution in [1.29, 1.82) is 0 Å². The van der Waals surface area contributed by atoms with Crippen LogP contribution in [0.25, 0.3) is 0 Å². The van der Waals surface area contributed by atoms with E-state index < -0.39 is 36.5 Å². The maximum atomic E-state index is 11.2. The van der Waals surface area contributed by atoms with Crippen molar-refractivity contribution in [3.05, 3.63) is 36.8 Å². The molecular weight excluding hydrogens is 296 g/mol. The van der Waals surface area contributed by atoms with Gasteiger partial charge in [-0.25, -0.2) is 14.6 Å². The third-order valence-corrected chi connectivity index (χ3v) is 2.43. The van der Waals surface area contributed by atoms with Crippen LogP contribution in [0.5, 0.6) is 0 Å². The van der Waals surface area contributed by atoms with Crippen LogP contribution in [0.15, 0.2) is 36.8 Å². The largest absolute Gasteiger partial charge is 0.515 e. The van der Waals surface area contributed by atoms with Crippen LogP contribution in [0, 0.1) is 0 Å². The smallest absolute Gasteiger partial charge is 0.412 e. The summed E-state index contributed by atoms with van der Waals surface area (Å²) in [7, 11) is 0. The molecule has 0 radical (unpaired) electrons. The average Bonchev–Trinajstić information content (AvgIpc) is 2.93. The molecule has 0 fully saturated rings. The molecule has 0 aromatic carbocycles. The van der Waals surface area contributed by atoms with E-state index in [1.165, 1.54) is 0 Å². The van der Waals surface area contributed by atoms with Gasteiger partial charge in [0, 0.05) is 24.3 Å². The van der Waals surface area contributed by atoms with Gasteiger partial charge < -0.3 is 9.47 Å². The van der Waals surface area contributed by atoms with Gasteiger partial charge in [-0.2, -0.15) is 0 Å². The van der Waals surface area contributed by atoms with Gasteiger partial charge in [-0.15, -0.1) is 0 Å². The first kappa shape index (κ1) is 16.8. The zero-order valence-electron chi connectivity index (χ0n) is 10.4. The van der Waals surface area contributed by atoms with Gasteiger partial charge in [-0.1, -0.05) is 7.43 Å². The Bertz CT molecular complexity index is 582. The van der Waals surface area contributed by atoms with Crippen molar-refractivity contribution in [2.24, 2.45) is 0 Å². The maximum absolute atomic E-state index is 11.2. The van der Waals surface area contributed by atoms with Gasteiger partial charge in [-0.05, 0) is 0 Å². The van der Waals surface area contributed by atoms with Gasteiger partial charge in [0.05, 0.1) is 6.20 Å². The fraction of sp³-hybridized carbons (Fsp3) is 0.154. The predicted molar refractivity (Wildman–Crippen MR) is 70.3 cm³/mol. The average molecular weight is 308 g/mol. The van der Waals surface area contributed by atoms with E-state index in [9.17, 15) is 24.0 Å². The summed E-state index contributed by atoms with van der Waals surface area (Å²) in [6, 6.07) is 0. The molecule has 0 atom stereocenters. The highest BCUT2D eigenvalue weighted by atomic mass is 16.7. The Labute approximate surface area is 125 Å². The summed E-state index contributed by atoms with van der Waals surface area (Å²) in [5, 5.41) is 0. The molecular formula is C13H12N2O7. The van der Waals surface area contributed by atoms with Gasteiger partial charge in [-0.3, -0.25) is 19.2 Å². The molecule has 2 aliphatic heterocycles. The van der Waals surface area contributed by atoms with Crippen LogP contribution >= 0.6 is 0 Å². The van der Waals surface area contributed by atoms with E-state index in [0.29, 0.717) is 9.80 Å². The highest BCUT2D eigenvalue weighted by molar-refractivity contribution is 6.13. The lowest BCUT2D eigenvalue weighted by Crippen LogP contribution is -2.33. The number of rotatable bonds is 4. The molecule has 0 unspecified atom stereocenters. The second-order valence-corrected chi connectivity index (χ2v) is 3.74. The Kier molecular flexibility index (Phi) is 5.33. The molecule has 0 saturated carbocycles. The molecule has 22 heavy (non-hydrogen) atoms. The Morgan fingerprint density at radius 1 is 0.955 bits per heavy atom. The van der Waals surface area contributed by atoms with Gasteiger partial charge >= 0.3 is 6.16 Å². The molecule has 0 N–H and O–H groups in total. The Morgan fingerprint density at radius 3 is 2.00 bits per heavy atom. The number of ether oxygens (including phenoxy) is 2. The summed E-state index contributed by atoms with van der Waals surface area (Å²) >= 11 is 0. The number of hydrogen-bond acceptors (Lipinski definition) is 7. The normalized spacial score (nSPS) is 16.7. The van der Waals surface area contributed by atoms with Crippen LogP contribution in [0.1, 0.15) is 7.43 Å². The third-order valence-electron chi connectivity index (χ3n) is 2.43. The number of nitrogens with zero attached hydrogens (tertiary/aromatic N) is 2. The summed E-state index contributed by atoms with van der Waals surface area (Å²) in [5.41, 5.74) is 0. The molecule has 0 aromatic heterocycles. The van der Waals surface area contributed by atoms with Crippen molar-refractivity contribution in [2.45, 2.75) is 7.43 Å². The molecule has 0 aliphatic carbocycles. The lowest BCUT2D eigenvalue weighted by molar-refractivity contribution is -0.141. The second-order valence-electron chi connectivity index (χ2n) is 3.74. The molecule has 9 nitrogen and oxygen atoms in total. The number of carbonyl (C=O) groups excluding carboxylic acids is 5. The molecule has 116 valence electrons. The van der Waals surface area contributed by atoms with Crippen LogP contribution in [0.2, 0.25) is 0 Å². The summed E-state index contributed by atoms with van der Waals surface area (Å²) in [4.78, 5) is 57.1. The SMILES string of the molecule is C.O=C(O/C=C\N1C(=O)C=CC1=O)OCN1C(=O)C=CC1=O. The molecule has 9 heteroatoms. The highest BCUT2D eigenvalue weighted by Crippen LogP contribution is 2.05. The number of amides is 4. The van der Waals surface area contributed by atoms with Crippen molar-refractivity contribution in [2.75, 3.05) is 6.73 Å². The number of imide groups is 2. The van der Waals surface area contributed by atoms with Crippen LogP contribution in [-0.2, 0) is 28.7 Å². The van der Waals surface area contributed by atoms with Crippen molar-refractivity contribution in [1.82, 2.24) is 9.80 Å². The zero-order chi connectivity index (χ0) is 15.4. The van der Waals surface area contributed by atoms with Gasteiger partial charge in [0.2, 0.25) is 0 Å². The Morgan fingerprint density at radius 2 is 1.45 bits per heavy atom. The molecule has 2 heterocycles. The van der Waals surface area contributed by atoms with Crippen molar-refractivity contribution in [3.63, 3.8) is 0 Å². The topological polar surface area (TPSA) is 110 Å². The Hall–Kier alpha value is -3.23. The van der Waals surface area contributed by atoms with E-state index in [0.717, 1.165) is 36.8 Å². The van der Waals surface area contributed by atoms with E-state index in [1.807, 2.05) is 0 Å². The summed E-state index contributed by atoms with van der Waals surface area (Å²) < 4.78 is 8.96. The molecule has 0 spiro atoms. The fourth-order valence-corrected chi connectivity index (χ4v) is 1.42. The second kappa shape index (κ2) is 6.97. The molecule has 0 bridgehead atoms. The molecule has 2 aliphatic rings. The molecule has 4 amide bonds. The predicted octanol–water partition coefficient (Wildman–Crippen LogP) is 0.0544. The Balaban J connectivity index is 0.00000242. The van der Waals surface area contributed by atoms with E-state index in [-0.39, 0.29) is 7.43 Å². The highest BCUT2D eigenvalue weighted by Gasteiger charge is 2.25. The van der Waals surface area contributed by atoms with E-state index >= 15 is 0 Å². The lowest BCUT2D eigenvalue weighted by Gasteiger charge is -2.12. The standard InChI is InChI=1S/C12H8N2O7.CH4/c15-8-1-2-9(16)13(8)5-6-20-12(19)21-7-14-10(17)3-4-11(14)18;/h1-6H,7H2;1H4/b6-5-;. The molecule has 2 rings (SSSR count). The third kappa shape index (κ3) is 3.66. The first-order chi connectivity index (χ1) is 9.99. The van der Waals surface area contributed by atoms with E-state index in [1.54, 1.807) is 0 Å². The summed E-state index contributed by atoms with van der Waals surface area (Å²) in [6.07, 6.45) is 4.70. The quantitative estimate of drug-likeness (QED) is 0.410. The minimum absolute atomic E-state index is 0. The summed E-state index contributed by atoms with van der Waals surface area (Å²) in [5.74, 6) is -2.37. The van der Waals surface area contributed by atoms with Crippen molar-refractivity contribution < 1.29 is 33.4 Å². The van der Waals surface area contributed by atoms with E-state index in [4.69, 9.17) is 0 Å². The first-order valence-electron chi connectivity index (χ1n) is 5.58. The molecule has 0 aromatic rings. The van der Waals surface area contributed by atoms with Crippen LogP contribution < -0.4 is 0 Å². The zero-order valence-corrected chi connectivity index (χ0v) is 10.4. The van der Waals surface area contributed by atoms with Gasteiger partial charge in [0.1, 0.15) is 6.26 Å². The number of hydrogen-bond donors (Lipinski definition) is 0. The van der Waals surface area contributed by atoms with Crippen LogP contribution in [0.3, 0.4) is 0 Å². The maximum Gasteiger partial charge on any atom is 0.515 e. The van der Waals surface area contributed by atoms with Crippen LogP contribution in [0.4, 0.5) is 4.79 Å². The lowest BCUT2D eigenvalue weighted by atomic mass is 10.6. The van der Waals surface area contributed by atoms with Crippen LogP contribution in [-0.4, -0.2) is 46.3 Å². The van der Waals surface area contributed by atoms with Gasteiger partial charge in [0.25, 0.3) is 23.6 Å². The molecule has 0 saturated heterocycles. The minimum Gasteiger partial charge on any atom is -0.412 e. The number of carbonyl (C=O) groups is 5. The van der Waals surface area contributed by atoms with Crippen molar-refractivity contribution in [3.8, 4) is 0 Å². The van der Waals surface area contributed by atoms with E-state index in [2.05, 4.69) is 9.47 Å². The first-order valence-corrected chi connectivity index (χ1v) is 5.58. The fourth-order valence-electron chi connectivity index (χ4n) is 1.42. The minimum atomic E-state index is -1.20. The summed E-state index contributed by atoms with van der Waals surface area (Å²) in [6.45, 7) is -0.597.